The van der Waals surface area contributed by atoms with Gasteiger partial charge in [0.25, 0.3) is 0 Å². The maximum atomic E-state index is 5.48. The lowest BCUT2D eigenvalue weighted by atomic mass is 10.1. The first-order valence-electron chi connectivity index (χ1n) is 9.39. The van der Waals surface area contributed by atoms with Crippen LogP contribution in [0, 0.1) is 3.95 Å². The topological polar surface area (TPSA) is 36.3 Å². The van der Waals surface area contributed by atoms with Crippen molar-refractivity contribution >= 4 is 34.4 Å². The van der Waals surface area contributed by atoms with Gasteiger partial charge in [-0.05, 0) is 64.0 Å². The standard InChI is InChI=1S/C19H29N5S2/c1-15(2)20-18-21-24(19(25)26-18)14-22(3)13-16-9-5-6-10-17(16)23-11-7-4-8-12-23/h5-6,9-10,15H,4,7-8,11-14H2,1-3H3,(H,20,21). The summed E-state index contributed by atoms with van der Waals surface area (Å²) in [5, 5.41) is 8.84. The molecule has 0 unspecified atom stereocenters. The van der Waals surface area contributed by atoms with E-state index in [2.05, 4.69) is 65.4 Å². The molecule has 5 nitrogen and oxygen atoms in total. The molecule has 0 saturated carbocycles. The minimum Gasteiger partial charge on any atom is -0.371 e. The molecular formula is C19H29N5S2. The quantitative estimate of drug-likeness (QED) is 0.700. The van der Waals surface area contributed by atoms with Crippen LogP contribution in [0.1, 0.15) is 38.7 Å². The van der Waals surface area contributed by atoms with Gasteiger partial charge in [0.2, 0.25) is 5.13 Å². The molecule has 0 aliphatic carbocycles. The number of nitrogens with zero attached hydrogens (tertiary/aromatic N) is 4. The Balaban J connectivity index is 1.68. The van der Waals surface area contributed by atoms with Crippen molar-refractivity contribution in [2.45, 2.75) is 52.4 Å². The van der Waals surface area contributed by atoms with Crippen molar-refractivity contribution in [2.24, 2.45) is 0 Å². The fourth-order valence-electron chi connectivity index (χ4n) is 3.36. The van der Waals surface area contributed by atoms with E-state index in [4.69, 9.17) is 12.2 Å². The Morgan fingerprint density at radius 2 is 1.96 bits per heavy atom. The van der Waals surface area contributed by atoms with Gasteiger partial charge in [-0.3, -0.25) is 4.90 Å². The van der Waals surface area contributed by atoms with Crippen LogP contribution in [-0.2, 0) is 13.2 Å². The smallest absolute Gasteiger partial charge is 0.204 e. The van der Waals surface area contributed by atoms with Crippen LogP contribution in [0.5, 0.6) is 0 Å². The molecule has 0 bridgehead atoms. The zero-order valence-corrected chi connectivity index (χ0v) is 17.6. The molecule has 1 saturated heterocycles. The van der Waals surface area contributed by atoms with Crippen molar-refractivity contribution in [1.29, 1.82) is 0 Å². The lowest BCUT2D eigenvalue weighted by molar-refractivity contribution is 0.245. The summed E-state index contributed by atoms with van der Waals surface area (Å²) < 4.78 is 2.72. The zero-order chi connectivity index (χ0) is 18.5. The van der Waals surface area contributed by atoms with Crippen LogP contribution in [0.15, 0.2) is 24.3 Å². The van der Waals surface area contributed by atoms with E-state index in [9.17, 15) is 0 Å². The second-order valence-electron chi connectivity index (χ2n) is 7.30. The third-order valence-electron chi connectivity index (χ3n) is 4.52. The third-order valence-corrected chi connectivity index (χ3v) is 5.76. The highest BCUT2D eigenvalue weighted by molar-refractivity contribution is 7.73. The van der Waals surface area contributed by atoms with Crippen molar-refractivity contribution < 1.29 is 0 Å². The predicted octanol–water partition coefficient (Wildman–Crippen LogP) is 4.57. The molecule has 0 atom stereocenters. The van der Waals surface area contributed by atoms with Crippen LogP contribution in [0.4, 0.5) is 10.8 Å². The van der Waals surface area contributed by atoms with Gasteiger partial charge in [-0.2, -0.15) is 0 Å². The molecule has 1 aliphatic heterocycles. The average molecular weight is 392 g/mol. The first-order chi connectivity index (χ1) is 12.5. The summed E-state index contributed by atoms with van der Waals surface area (Å²) in [6.07, 6.45) is 3.95. The molecule has 1 aliphatic rings. The third kappa shape index (κ3) is 5.05. The SMILES string of the molecule is CC(C)Nc1nn(CN(C)Cc2ccccc2N2CCCCC2)c(=S)s1. The summed E-state index contributed by atoms with van der Waals surface area (Å²) in [6, 6.07) is 9.14. The van der Waals surface area contributed by atoms with E-state index in [0.29, 0.717) is 12.7 Å². The van der Waals surface area contributed by atoms with Gasteiger partial charge in [-0.25, -0.2) is 4.68 Å². The zero-order valence-electron chi connectivity index (χ0n) is 15.9. The highest BCUT2D eigenvalue weighted by atomic mass is 32.1. The van der Waals surface area contributed by atoms with Gasteiger partial charge in [-0.15, -0.1) is 5.10 Å². The maximum absolute atomic E-state index is 5.48. The number of benzene rings is 1. The average Bonchev–Trinajstić information content (AvgIpc) is 2.94. The molecule has 142 valence electrons. The van der Waals surface area contributed by atoms with E-state index in [1.54, 1.807) is 0 Å². The molecule has 3 rings (SSSR count). The summed E-state index contributed by atoms with van der Waals surface area (Å²) in [6.45, 7) is 8.14. The molecule has 0 radical (unpaired) electrons. The van der Waals surface area contributed by atoms with Crippen molar-refractivity contribution in [3.63, 3.8) is 0 Å². The number of hydrogen-bond donors (Lipinski definition) is 1. The molecule has 1 fully saturated rings. The minimum atomic E-state index is 0.359. The Morgan fingerprint density at radius 3 is 2.69 bits per heavy atom. The largest absolute Gasteiger partial charge is 0.371 e. The van der Waals surface area contributed by atoms with Crippen molar-refractivity contribution in [1.82, 2.24) is 14.7 Å². The molecular weight excluding hydrogens is 362 g/mol. The highest BCUT2D eigenvalue weighted by Crippen LogP contribution is 2.25. The summed E-state index contributed by atoms with van der Waals surface area (Å²) >= 11 is 7.02. The summed E-state index contributed by atoms with van der Waals surface area (Å²) in [4.78, 5) is 4.81. The van der Waals surface area contributed by atoms with Gasteiger partial charge >= 0.3 is 0 Å². The first kappa shape index (κ1) is 19.3. The number of nitrogens with one attached hydrogen (secondary N) is 1. The molecule has 26 heavy (non-hydrogen) atoms. The van der Waals surface area contributed by atoms with Gasteiger partial charge in [0.15, 0.2) is 3.95 Å². The molecule has 0 amide bonds. The number of para-hydroxylation sites is 1. The van der Waals surface area contributed by atoms with Gasteiger partial charge < -0.3 is 10.2 Å². The lowest BCUT2D eigenvalue weighted by Crippen LogP contribution is -2.31. The molecule has 2 aromatic rings. The Morgan fingerprint density at radius 1 is 1.23 bits per heavy atom. The number of rotatable bonds is 7. The van der Waals surface area contributed by atoms with E-state index < -0.39 is 0 Å². The molecule has 1 aromatic carbocycles. The lowest BCUT2D eigenvalue weighted by Gasteiger charge is -2.31. The van der Waals surface area contributed by atoms with Crippen molar-refractivity contribution in [3.05, 3.63) is 33.8 Å². The van der Waals surface area contributed by atoms with Gasteiger partial charge in [0.05, 0.1) is 6.67 Å². The van der Waals surface area contributed by atoms with E-state index in [0.717, 1.165) is 15.6 Å². The second-order valence-corrected chi connectivity index (χ2v) is 8.93. The van der Waals surface area contributed by atoms with E-state index >= 15 is 0 Å². The van der Waals surface area contributed by atoms with Crippen LogP contribution in [0.2, 0.25) is 0 Å². The van der Waals surface area contributed by atoms with E-state index in [1.165, 1.54) is 54.9 Å². The number of piperidine rings is 1. The Bertz CT molecular complexity index is 761. The number of hydrogen-bond acceptors (Lipinski definition) is 6. The van der Waals surface area contributed by atoms with Gasteiger partial charge in [0, 0.05) is 31.4 Å². The predicted molar refractivity (Wildman–Crippen MR) is 114 cm³/mol. The normalized spacial score (nSPS) is 15.0. The Kier molecular flexibility index (Phi) is 6.67. The first-order valence-corrected chi connectivity index (χ1v) is 10.6. The van der Waals surface area contributed by atoms with Crippen LogP contribution in [0.3, 0.4) is 0 Å². The van der Waals surface area contributed by atoms with Crippen molar-refractivity contribution in [2.75, 3.05) is 30.4 Å². The minimum absolute atomic E-state index is 0.359. The van der Waals surface area contributed by atoms with Gasteiger partial charge in [-0.1, -0.05) is 29.5 Å². The fraction of sp³-hybridized carbons (Fsp3) is 0.579. The maximum Gasteiger partial charge on any atom is 0.204 e. The molecule has 1 aromatic heterocycles. The Labute approximate surface area is 165 Å². The van der Waals surface area contributed by atoms with E-state index in [1.807, 2.05) is 4.68 Å². The van der Waals surface area contributed by atoms with Crippen LogP contribution < -0.4 is 10.2 Å². The number of anilines is 2. The summed E-state index contributed by atoms with van der Waals surface area (Å²) in [5.74, 6) is 0. The summed E-state index contributed by atoms with van der Waals surface area (Å²) in [7, 11) is 2.13. The molecule has 1 N–H and O–H groups in total. The highest BCUT2D eigenvalue weighted by Gasteiger charge is 2.15. The van der Waals surface area contributed by atoms with Crippen LogP contribution in [-0.4, -0.2) is 40.9 Å². The van der Waals surface area contributed by atoms with Gasteiger partial charge in [0.1, 0.15) is 0 Å². The molecule has 7 heteroatoms. The van der Waals surface area contributed by atoms with Crippen LogP contribution in [0.25, 0.3) is 0 Å². The van der Waals surface area contributed by atoms with Crippen LogP contribution >= 0.6 is 23.6 Å². The number of aromatic nitrogens is 2. The van der Waals surface area contributed by atoms with E-state index in [-0.39, 0.29) is 0 Å². The van der Waals surface area contributed by atoms with Crippen molar-refractivity contribution in [3.8, 4) is 0 Å². The summed E-state index contributed by atoms with van der Waals surface area (Å²) in [5.41, 5.74) is 2.75. The molecule has 2 heterocycles. The Hall–Kier alpha value is -1.44. The molecule has 0 spiro atoms. The fourth-order valence-corrected chi connectivity index (χ4v) is 4.50. The second kappa shape index (κ2) is 8.97. The monoisotopic (exact) mass is 391 g/mol.